The monoisotopic (exact) mass is 564 g/mol. The lowest BCUT2D eigenvalue weighted by Crippen LogP contribution is -2.73. The van der Waals surface area contributed by atoms with E-state index in [0.717, 1.165) is 12.3 Å². The van der Waals surface area contributed by atoms with Crippen LogP contribution in [0.15, 0.2) is 66.9 Å². The Morgan fingerprint density at radius 2 is 1.66 bits per heavy atom. The second-order valence-electron chi connectivity index (χ2n) is 8.81. The van der Waals surface area contributed by atoms with Crippen LogP contribution in [0.3, 0.4) is 0 Å². The van der Waals surface area contributed by atoms with Gasteiger partial charge in [0.2, 0.25) is 0 Å². The van der Waals surface area contributed by atoms with Gasteiger partial charge in [-0.1, -0.05) is 41.9 Å². The molecule has 1 aliphatic carbocycles. The standard InChI is InChI=1S/C25H17ClF8N2O2/c26-17-6-7-19(35-13-17)22(11-14-4-2-1-3-5-14,15-8-16(25(32,33)34)10-18(27)9-15)36(21(37)38)20-12-23(28,29)24(20,30)31/h1-10,13,20H,11-12H2,(H,37,38)/t20?,22-/m0/s1. The largest absolute Gasteiger partial charge is 0.465 e. The van der Waals surface area contributed by atoms with Gasteiger partial charge in [0.1, 0.15) is 17.4 Å². The Labute approximate surface area is 215 Å². The highest BCUT2D eigenvalue weighted by Crippen LogP contribution is 2.57. The molecule has 0 aliphatic heterocycles. The Bertz CT molecular complexity index is 1340. The third kappa shape index (κ3) is 4.65. The first kappa shape index (κ1) is 27.6. The molecule has 0 saturated heterocycles. The average Bonchev–Trinajstić information content (AvgIpc) is 2.83. The average molecular weight is 565 g/mol. The van der Waals surface area contributed by atoms with E-state index in [2.05, 4.69) is 4.98 Å². The van der Waals surface area contributed by atoms with Crippen LogP contribution in [-0.4, -0.2) is 39.0 Å². The number of rotatable bonds is 6. The van der Waals surface area contributed by atoms with Crippen LogP contribution >= 0.6 is 11.6 Å². The molecule has 3 aromatic rings. The van der Waals surface area contributed by atoms with E-state index >= 15 is 0 Å². The van der Waals surface area contributed by atoms with E-state index in [0.29, 0.717) is 12.1 Å². The maximum atomic E-state index is 14.8. The van der Waals surface area contributed by atoms with Crippen molar-refractivity contribution in [2.45, 2.75) is 42.4 Å². The van der Waals surface area contributed by atoms with E-state index in [4.69, 9.17) is 11.6 Å². The smallest absolute Gasteiger partial charge is 0.416 e. The van der Waals surface area contributed by atoms with Crippen LogP contribution in [0.5, 0.6) is 0 Å². The van der Waals surface area contributed by atoms with E-state index in [1.807, 2.05) is 0 Å². The topological polar surface area (TPSA) is 53.4 Å². The van der Waals surface area contributed by atoms with Crippen molar-refractivity contribution >= 4 is 17.7 Å². The summed E-state index contributed by atoms with van der Waals surface area (Å²) in [6.45, 7) is 0. The van der Waals surface area contributed by atoms with Gasteiger partial charge in [-0.05, 0) is 41.5 Å². The summed E-state index contributed by atoms with van der Waals surface area (Å²) in [5.41, 5.74) is -5.13. The molecule has 0 bridgehead atoms. The summed E-state index contributed by atoms with van der Waals surface area (Å²) in [7, 11) is 0. The number of carboxylic acid groups (broad SMARTS) is 1. The number of hydrogen-bond acceptors (Lipinski definition) is 2. The molecule has 1 aromatic heterocycles. The molecule has 1 saturated carbocycles. The van der Waals surface area contributed by atoms with E-state index in [9.17, 15) is 45.0 Å². The van der Waals surface area contributed by atoms with Crippen LogP contribution in [0.4, 0.5) is 39.9 Å². The maximum Gasteiger partial charge on any atom is 0.416 e. The van der Waals surface area contributed by atoms with Crippen molar-refractivity contribution in [2.24, 2.45) is 0 Å². The van der Waals surface area contributed by atoms with Gasteiger partial charge in [-0.3, -0.25) is 9.88 Å². The molecule has 2 atom stereocenters. The third-order valence-corrected chi connectivity index (χ3v) is 6.67. The lowest BCUT2D eigenvalue weighted by atomic mass is 9.73. The zero-order chi connectivity index (χ0) is 28.1. The molecule has 1 heterocycles. The van der Waals surface area contributed by atoms with Gasteiger partial charge in [0.15, 0.2) is 0 Å². The van der Waals surface area contributed by atoms with Crippen molar-refractivity contribution in [3.8, 4) is 0 Å². The number of benzene rings is 2. The van der Waals surface area contributed by atoms with Crippen LogP contribution in [0.2, 0.25) is 5.02 Å². The maximum absolute atomic E-state index is 14.8. The molecule has 4 nitrogen and oxygen atoms in total. The van der Waals surface area contributed by atoms with Crippen LogP contribution < -0.4 is 0 Å². The number of amides is 1. The zero-order valence-corrected chi connectivity index (χ0v) is 19.7. The van der Waals surface area contributed by atoms with Gasteiger partial charge in [-0.2, -0.15) is 30.7 Å². The van der Waals surface area contributed by atoms with Crippen LogP contribution in [0.1, 0.15) is 28.8 Å². The molecule has 13 heteroatoms. The van der Waals surface area contributed by atoms with Crippen molar-refractivity contribution in [1.82, 2.24) is 9.88 Å². The van der Waals surface area contributed by atoms with Crippen molar-refractivity contribution in [2.75, 3.05) is 0 Å². The lowest BCUT2D eigenvalue weighted by Gasteiger charge is -2.54. The number of hydrogen-bond donors (Lipinski definition) is 1. The Morgan fingerprint density at radius 1 is 1.03 bits per heavy atom. The highest BCUT2D eigenvalue weighted by molar-refractivity contribution is 6.30. The van der Waals surface area contributed by atoms with Crippen LogP contribution in [0, 0.1) is 5.82 Å². The molecular weight excluding hydrogens is 548 g/mol. The van der Waals surface area contributed by atoms with Crippen molar-refractivity contribution < 1.29 is 45.0 Å². The van der Waals surface area contributed by atoms with Crippen molar-refractivity contribution in [1.29, 1.82) is 0 Å². The number of carbonyl (C=O) groups is 1. The first-order valence-electron chi connectivity index (χ1n) is 10.9. The van der Waals surface area contributed by atoms with Gasteiger partial charge in [-0.15, -0.1) is 0 Å². The summed E-state index contributed by atoms with van der Waals surface area (Å²) in [6, 6.07) is 7.99. The number of halogens is 9. The van der Waals surface area contributed by atoms with E-state index < -0.39 is 71.2 Å². The van der Waals surface area contributed by atoms with Crippen molar-refractivity contribution in [3.63, 3.8) is 0 Å². The lowest BCUT2D eigenvalue weighted by molar-refractivity contribution is -0.316. The summed E-state index contributed by atoms with van der Waals surface area (Å²) in [5.74, 6) is -10.9. The molecule has 202 valence electrons. The predicted molar refractivity (Wildman–Crippen MR) is 120 cm³/mol. The van der Waals surface area contributed by atoms with E-state index in [-0.39, 0.29) is 21.6 Å². The fourth-order valence-corrected chi connectivity index (χ4v) is 4.74. The summed E-state index contributed by atoms with van der Waals surface area (Å²) in [6.07, 6.45) is -8.58. The Balaban J connectivity index is 2.11. The Hall–Kier alpha value is -3.41. The number of aromatic nitrogens is 1. The molecule has 0 spiro atoms. The van der Waals surface area contributed by atoms with Gasteiger partial charge in [-0.25, -0.2) is 9.18 Å². The Kier molecular flexibility index (Phi) is 6.84. The van der Waals surface area contributed by atoms with Gasteiger partial charge < -0.3 is 5.11 Å². The normalized spacial score (nSPS) is 19.8. The van der Waals surface area contributed by atoms with Crippen molar-refractivity contribution in [3.05, 3.63) is 100 Å². The van der Waals surface area contributed by atoms with Gasteiger partial charge in [0.05, 0.1) is 16.3 Å². The minimum Gasteiger partial charge on any atom is -0.465 e. The molecule has 38 heavy (non-hydrogen) atoms. The third-order valence-electron chi connectivity index (χ3n) is 6.44. The molecule has 4 rings (SSSR count). The van der Waals surface area contributed by atoms with Gasteiger partial charge >= 0.3 is 24.1 Å². The molecule has 1 N–H and O–H groups in total. The highest BCUT2D eigenvalue weighted by atomic mass is 35.5. The van der Waals surface area contributed by atoms with Crippen LogP contribution in [0.25, 0.3) is 0 Å². The van der Waals surface area contributed by atoms with E-state index in [1.165, 1.54) is 30.3 Å². The molecule has 1 fully saturated rings. The number of alkyl halides is 7. The fraction of sp³-hybridized carbons (Fsp3) is 0.280. The highest BCUT2D eigenvalue weighted by Gasteiger charge is 2.76. The first-order valence-corrected chi connectivity index (χ1v) is 11.3. The second kappa shape index (κ2) is 9.40. The minimum atomic E-state index is -5.12. The summed E-state index contributed by atoms with van der Waals surface area (Å²) < 4.78 is 113. The summed E-state index contributed by atoms with van der Waals surface area (Å²) in [4.78, 5) is 16.6. The predicted octanol–water partition coefficient (Wildman–Crippen LogP) is 7.40. The summed E-state index contributed by atoms with van der Waals surface area (Å²) in [5, 5.41) is 10.2. The Morgan fingerprint density at radius 3 is 2.16 bits per heavy atom. The van der Waals surface area contributed by atoms with Gasteiger partial charge in [0.25, 0.3) is 0 Å². The minimum absolute atomic E-state index is 0.0000312. The number of pyridine rings is 1. The zero-order valence-electron chi connectivity index (χ0n) is 19.0. The fourth-order valence-electron chi connectivity index (χ4n) is 4.63. The first-order chi connectivity index (χ1) is 17.6. The molecule has 1 unspecified atom stereocenters. The van der Waals surface area contributed by atoms with Crippen LogP contribution in [-0.2, 0) is 18.1 Å². The summed E-state index contributed by atoms with van der Waals surface area (Å²) >= 11 is 5.88. The van der Waals surface area contributed by atoms with Gasteiger partial charge in [0, 0.05) is 19.0 Å². The molecule has 0 radical (unpaired) electrons. The second-order valence-corrected chi connectivity index (χ2v) is 9.25. The SMILES string of the molecule is O=C(O)N(C1CC(F)(F)C1(F)F)[C@@](Cc1ccccc1)(c1cc(F)cc(C(F)(F)F)c1)c1ccc(Cl)cn1. The number of nitrogens with zero attached hydrogens (tertiary/aromatic N) is 2. The molecule has 1 amide bonds. The molecule has 2 aromatic carbocycles. The van der Waals surface area contributed by atoms with E-state index in [1.54, 1.807) is 6.07 Å². The molecule has 1 aliphatic rings. The molecular formula is C25H17ClF8N2O2. The quantitative estimate of drug-likeness (QED) is 0.317.